The second-order valence-corrected chi connectivity index (χ2v) is 8.29. The second-order valence-electron chi connectivity index (χ2n) is 8.29. The molecule has 0 spiro atoms. The summed E-state index contributed by atoms with van der Waals surface area (Å²) in [5.74, 6) is 2.62. The number of carbonyl (C=O) groups excluding carboxylic acids is 1. The smallest absolute Gasteiger partial charge is 0.223 e. The Bertz CT molecular complexity index is 848. The third-order valence-corrected chi connectivity index (χ3v) is 5.77. The minimum atomic E-state index is -0.203. The fourth-order valence-electron chi connectivity index (χ4n) is 3.84. The van der Waals surface area contributed by atoms with Crippen LogP contribution in [0.3, 0.4) is 0 Å². The number of ether oxygens (including phenoxy) is 2. The number of benzene rings is 1. The highest BCUT2D eigenvalue weighted by molar-refractivity contribution is 5.79. The molecule has 1 saturated heterocycles. The van der Waals surface area contributed by atoms with Crippen molar-refractivity contribution in [3.05, 3.63) is 42.4 Å². The maximum Gasteiger partial charge on any atom is 0.223 e. The van der Waals surface area contributed by atoms with Gasteiger partial charge in [0.2, 0.25) is 5.91 Å². The summed E-state index contributed by atoms with van der Waals surface area (Å²) in [7, 11) is 0. The van der Waals surface area contributed by atoms with E-state index in [1.807, 2.05) is 12.1 Å². The Morgan fingerprint density at radius 3 is 2.66 bits per heavy atom. The van der Waals surface area contributed by atoms with Crippen molar-refractivity contribution in [3.8, 4) is 11.5 Å². The first-order chi connectivity index (χ1) is 14.0. The van der Waals surface area contributed by atoms with Gasteiger partial charge >= 0.3 is 0 Å². The summed E-state index contributed by atoms with van der Waals surface area (Å²) < 4.78 is 11.3. The van der Waals surface area contributed by atoms with Gasteiger partial charge in [0.05, 0.1) is 6.20 Å². The molecule has 1 N–H and O–H groups in total. The van der Waals surface area contributed by atoms with Gasteiger partial charge in [-0.25, -0.2) is 4.98 Å². The normalized spacial score (nSPS) is 17.1. The van der Waals surface area contributed by atoms with Crippen LogP contribution in [0.15, 0.2) is 36.8 Å². The van der Waals surface area contributed by atoms with E-state index in [4.69, 9.17) is 9.47 Å². The van der Waals surface area contributed by atoms with Crippen molar-refractivity contribution in [3.63, 3.8) is 0 Å². The molecule has 1 aromatic carbocycles. The van der Waals surface area contributed by atoms with Gasteiger partial charge in [0.25, 0.3) is 0 Å². The van der Waals surface area contributed by atoms with E-state index in [0.29, 0.717) is 19.8 Å². The Labute approximate surface area is 171 Å². The third-order valence-electron chi connectivity index (χ3n) is 5.77. The van der Waals surface area contributed by atoms with E-state index in [1.165, 1.54) is 0 Å². The van der Waals surface area contributed by atoms with Crippen molar-refractivity contribution in [2.24, 2.45) is 5.92 Å². The van der Waals surface area contributed by atoms with Crippen molar-refractivity contribution in [2.45, 2.75) is 32.1 Å². The summed E-state index contributed by atoms with van der Waals surface area (Å²) >= 11 is 0. The van der Waals surface area contributed by atoms with Gasteiger partial charge in [-0.3, -0.25) is 9.78 Å². The topological polar surface area (TPSA) is 76.6 Å². The Balaban J connectivity index is 1.31. The number of hydrogen-bond acceptors (Lipinski definition) is 6. The summed E-state index contributed by atoms with van der Waals surface area (Å²) in [6.45, 7) is 7.65. The van der Waals surface area contributed by atoms with Crippen LogP contribution in [-0.2, 0) is 10.2 Å². The van der Waals surface area contributed by atoms with E-state index in [-0.39, 0.29) is 17.2 Å². The number of piperidine rings is 1. The number of rotatable bonds is 5. The molecule has 7 heteroatoms. The minimum Gasteiger partial charge on any atom is -0.486 e. The molecule has 29 heavy (non-hydrogen) atoms. The summed E-state index contributed by atoms with van der Waals surface area (Å²) in [6.07, 6.45) is 6.80. The fourth-order valence-corrected chi connectivity index (χ4v) is 3.84. The van der Waals surface area contributed by atoms with Crippen molar-refractivity contribution in [1.29, 1.82) is 0 Å². The van der Waals surface area contributed by atoms with Gasteiger partial charge in [-0.1, -0.05) is 19.9 Å². The SMILES string of the molecule is CC(C)(CNC(=O)C1CCN(c2cnccn2)CC1)c1ccc2c(c1)OCCO2. The van der Waals surface area contributed by atoms with E-state index in [2.05, 4.69) is 40.1 Å². The highest BCUT2D eigenvalue weighted by atomic mass is 16.6. The first kappa shape index (κ1) is 19.5. The lowest BCUT2D eigenvalue weighted by molar-refractivity contribution is -0.125. The average molecular weight is 396 g/mol. The number of fused-ring (bicyclic) bond motifs is 1. The number of carbonyl (C=O) groups is 1. The lowest BCUT2D eigenvalue weighted by Crippen LogP contribution is -2.44. The number of hydrogen-bond donors (Lipinski definition) is 1. The Morgan fingerprint density at radius 2 is 1.93 bits per heavy atom. The molecule has 2 aliphatic heterocycles. The van der Waals surface area contributed by atoms with Gasteiger partial charge in [0.15, 0.2) is 11.5 Å². The summed E-state index contributed by atoms with van der Waals surface area (Å²) in [5.41, 5.74) is 0.922. The highest BCUT2D eigenvalue weighted by Crippen LogP contribution is 2.35. The van der Waals surface area contributed by atoms with Crippen LogP contribution in [0, 0.1) is 5.92 Å². The Hall–Kier alpha value is -2.83. The van der Waals surface area contributed by atoms with Gasteiger partial charge in [-0.2, -0.15) is 0 Å². The first-order valence-corrected chi connectivity index (χ1v) is 10.2. The van der Waals surface area contributed by atoms with Crippen LogP contribution < -0.4 is 19.7 Å². The maximum absolute atomic E-state index is 12.7. The zero-order chi connectivity index (χ0) is 20.3. The number of aromatic nitrogens is 2. The molecule has 2 aromatic rings. The van der Waals surface area contributed by atoms with Crippen LogP contribution in [-0.4, -0.2) is 48.7 Å². The van der Waals surface area contributed by atoms with Crippen molar-refractivity contribution < 1.29 is 14.3 Å². The predicted molar refractivity (Wildman–Crippen MR) is 110 cm³/mol. The van der Waals surface area contributed by atoms with Crippen molar-refractivity contribution >= 4 is 11.7 Å². The van der Waals surface area contributed by atoms with E-state index in [0.717, 1.165) is 48.8 Å². The largest absolute Gasteiger partial charge is 0.486 e. The van der Waals surface area contributed by atoms with Crippen LogP contribution in [0.1, 0.15) is 32.3 Å². The molecule has 0 saturated carbocycles. The molecule has 0 unspecified atom stereocenters. The van der Waals surface area contributed by atoms with Gasteiger partial charge in [-0.15, -0.1) is 0 Å². The molecule has 1 aromatic heterocycles. The van der Waals surface area contributed by atoms with Crippen molar-refractivity contribution in [2.75, 3.05) is 37.7 Å². The minimum absolute atomic E-state index is 0.0407. The van der Waals surface area contributed by atoms with E-state index < -0.39 is 0 Å². The molecule has 1 fully saturated rings. The van der Waals surface area contributed by atoms with Crippen LogP contribution >= 0.6 is 0 Å². The predicted octanol–water partition coefficient (Wildman–Crippen LogP) is 2.56. The molecule has 0 atom stereocenters. The number of amides is 1. The van der Waals surface area contributed by atoms with E-state index in [1.54, 1.807) is 18.6 Å². The molecule has 7 nitrogen and oxygen atoms in total. The van der Waals surface area contributed by atoms with Gasteiger partial charge in [-0.05, 0) is 30.5 Å². The lowest BCUT2D eigenvalue weighted by Gasteiger charge is -2.33. The van der Waals surface area contributed by atoms with Gasteiger partial charge in [0.1, 0.15) is 19.0 Å². The third kappa shape index (κ3) is 4.44. The van der Waals surface area contributed by atoms with Crippen LogP contribution in [0.2, 0.25) is 0 Å². The van der Waals surface area contributed by atoms with Gasteiger partial charge in [0, 0.05) is 43.4 Å². The highest BCUT2D eigenvalue weighted by Gasteiger charge is 2.28. The van der Waals surface area contributed by atoms with E-state index >= 15 is 0 Å². The van der Waals surface area contributed by atoms with Crippen LogP contribution in [0.4, 0.5) is 5.82 Å². The zero-order valence-corrected chi connectivity index (χ0v) is 17.1. The van der Waals surface area contributed by atoms with Gasteiger partial charge < -0.3 is 19.7 Å². The molecule has 2 aliphatic rings. The zero-order valence-electron chi connectivity index (χ0n) is 17.1. The maximum atomic E-state index is 12.7. The summed E-state index contributed by atoms with van der Waals surface area (Å²) in [6, 6.07) is 6.04. The van der Waals surface area contributed by atoms with Crippen molar-refractivity contribution in [1.82, 2.24) is 15.3 Å². The Morgan fingerprint density at radius 1 is 1.17 bits per heavy atom. The average Bonchev–Trinajstić information content (AvgIpc) is 2.78. The first-order valence-electron chi connectivity index (χ1n) is 10.2. The number of nitrogens with zero attached hydrogens (tertiary/aromatic N) is 3. The fraction of sp³-hybridized carbons (Fsp3) is 0.500. The molecule has 0 bridgehead atoms. The summed E-state index contributed by atoms with van der Waals surface area (Å²) in [4.78, 5) is 23.4. The summed E-state index contributed by atoms with van der Waals surface area (Å²) in [5, 5.41) is 3.17. The molecule has 0 radical (unpaired) electrons. The molecule has 1 amide bonds. The standard InChI is InChI=1S/C22H28N4O3/c1-22(2,17-3-4-18-19(13-17)29-12-11-28-18)15-25-21(27)16-5-9-26(10-6-16)20-14-23-7-8-24-20/h3-4,7-8,13-14,16H,5-6,9-12,15H2,1-2H3,(H,25,27). The molecule has 4 rings (SSSR count). The quantitative estimate of drug-likeness (QED) is 0.837. The van der Waals surface area contributed by atoms with Crippen LogP contribution in [0.25, 0.3) is 0 Å². The molecule has 154 valence electrons. The lowest BCUT2D eigenvalue weighted by atomic mass is 9.84. The molecule has 0 aliphatic carbocycles. The molecule has 3 heterocycles. The Kier molecular flexibility index (Phi) is 5.56. The molecular formula is C22H28N4O3. The number of anilines is 1. The second kappa shape index (κ2) is 8.27. The number of nitrogens with one attached hydrogen (secondary N) is 1. The van der Waals surface area contributed by atoms with Crippen LogP contribution in [0.5, 0.6) is 11.5 Å². The van der Waals surface area contributed by atoms with E-state index in [9.17, 15) is 4.79 Å². The monoisotopic (exact) mass is 396 g/mol. The molecular weight excluding hydrogens is 368 g/mol.